The molecule has 4 fully saturated rings. The first kappa shape index (κ1) is 14.4. The predicted molar refractivity (Wildman–Crippen MR) is 79.3 cm³/mol. The van der Waals surface area contributed by atoms with Crippen LogP contribution in [-0.2, 0) is 9.53 Å². The molecule has 114 valence electrons. The minimum atomic E-state index is 0.0804. The van der Waals surface area contributed by atoms with Crippen LogP contribution in [0.25, 0.3) is 0 Å². The van der Waals surface area contributed by atoms with Gasteiger partial charge in [0, 0.05) is 13.2 Å². The van der Waals surface area contributed by atoms with E-state index < -0.39 is 0 Å². The standard InChI is InChI=1S/C17H29NO2/c1-2-3-4-20-11-16(19)18-12-17-8-13-5-14(9-17)7-15(6-13)10-17/h13-15H,2-12H2,1H3,(H,18,19). The monoisotopic (exact) mass is 279 g/mol. The van der Waals surface area contributed by atoms with Crippen molar-refractivity contribution in [1.29, 1.82) is 0 Å². The van der Waals surface area contributed by atoms with Crippen molar-refractivity contribution in [3.63, 3.8) is 0 Å². The minimum Gasteiger partial charge on any atom is -0.372 e. The summed E-state index contributed by atoms with van der Waals surface area (Å²) in [5, 5.41) is 3.15. The van der Waals surface area contributed by atoms with E-state index in [0.29, 0.717) is 12.0 Å². The van der Waals surface area contributed by atoms with Gasteiger partial charge in [0.15, 0.2) is 0 Å². The number of amides is 1. The maximum Gasteiger partial charge on any atom is 0.246 e. The Kier molecular flexibility index (Phi) is 4.34. The van der Waals surface area contributed by atoms with Crippen LogP contribution in [0.1, 0.15) is 58.3 Å². The van der Waals surface area contributed by atoms with Gasteiger partial charge >= 0.3 is 0 Å². The third-order valence-corrected chi connectivity index (χ3v) is 5.70. The second-order valence-electron chi connectivity index (χ2n) is 7.60. The normalized spacial score (nSPS) is 38.1. The van der Waals surface area contributed by atoms with Gasteiger partial charge < -0.3 is 10.1 Å². The lowest BCUT2D eigenvalue weighted by Gasteiger charge is -2.56. The van der Waals surface area contributed by atoms with Crippen LogP contribution in [0.3, 0.4) is 0 Å². The van der Waals surface area contributed by atoms with Gasteiger partial charge in [0.2, 0.25) is 5.91 Å². The molecule has 0 aromatic heterocycles. The first-order chi connectivity index (χ1) is 9.69. The Morgan fingerprint density at radius 3 is 2.30 bits per heavy atom. The van der Waals surface area contributed by atoms with Crippen molar-refractivity contribution in [2.24, 2.45) is 23.2 Å². The van der Waals surface area contributed by atoms with Crippen molar-refractivity contribution in [2.45, 2.75) is 58.3 Å². The number of carbonyl (C=O) groups excluding carboxylic acids is 1. The predicted octanol–water partition coefficient (Wildman–Crippen LogP) is 3.14. The lowest BCUT2D eigenvalue weighted by atomic mass is 9.49. The summed E-state index contributed by atoms with van der Waals surface area (Å²) in [6.07, 6.45) is 10.6. The molecule has 0 aromatic rings. The second-order valence-corrected chi connectivity index (χ2v) is 7.60. The molecule has 1 N–H and O–H groups in total. The third kappa shape index (κ3) is 3.19. The first-order valence-corrected chi connectivity index (χ1v) is 8.53. The van der Waals surface area contributed by atoms with Gasteiger partial charge in [-0.1, -0.05) is 13.3 Å². The van der Waals surface area contributed by atoms with Crippen LogP contribution < -0.4 is 5.32 Å². The Morgan fingerprint density at radius 2 is 1.75 bits per heavy atom. The summed E-state index contributed by atoms with van der Waals surface area (Å²) in [6.45, 7) is 3.98. The molecular formula is C17H29NO2. The number of hydrogen-bond donors (Lipinski definition) is 1. The summed E-state index contributed by atoms with van der Waals surface area (Å²) in [7, 11) is 0. The number of ether oxygens (including phenoxy) is 1. The highest BCUT2D eigenvalue weighted by Gasteiger charge is 2.50. The van der Waals surface area contributed by atoms with E-state index in [2.05, 4.69) is 12.2 Å². The molecule has 0 aliphatic heterocycles. The van der Waals surface area contributed by atoms with Crippen LogP contribution in [0.4, 0.5) is 0 Å². The van der Waals surface area contributed by atoms with Crippen molar-refractivity contribution in [1.82, 2.24) is 5.32 Å². The highest BCUT2D eigenvalue weighted by Crippen LogP contribution is 2.59. The highest BCUT2D eigenvalue weighted by molar-refractivity contribution is 5.77. The molecule has 1 amide bonds. The van der Waals surface area contributed by atoms with Crippen molar-refractivity contribution < 1.29 is 9.53 Å². The lowest BCUT2D eigenvalue weighted by molar-refractivity contribution is -0.127. The molecular weight excluding hydrogens is 250 g/mol. The molecule has 4 aliphatic carbocycles. The van der Waals surface area contributed by atoms with Crippen LogP contribution in [0.2, 0.25) is 0 Å². The van der Waals surface area contributed by atoms with E-state index in [9.17, 15) is 4.79 Å². The van der Waals surface area contributed by atoms with E-state index in [1.54, 1.807) is 0 Å². The van der Waals surface area contributed by atoms with Crippen molar-refractivity contribution in [2.75, 3.05) is 19.8 Å². The molecule has 3 nitrogen and oxygen atoms in total. The summed E-state index contributed by atoms with van der Waals surface area (Å²) >= 11 is 0. The quantitative estimate of drug-likeness (QED) is 0.727. The molecule has 4 aliphatic rings. The first-order valence-electron chi connectivity index (χ1n) is 8.53. The van der Waals surface area contributed by atoms with E-state index >= 15 is 0 Å². The molecule has 0 unspecified atom stereocenters. The zero-order valence-corrected chi connectivity index (χ0v) is 12.8. The smallest absolute Gasteiger partial charge is 0.246 e. The molecule has 0 atom stereocenters. The van der Waals surface area contributed by atoms with E-state index in [4.69, 9.17) is 4.74 Å². The third-order valence-electron chi connectivity index (χ3n) is 5.70. The Bertz CT molecular complexity index is 318. The molecule has 0 spiro atoms. The number of rotatable bonds is 7. The van der Waals surface area contributed by atoms with Gasteiger partial charge in [0.25, 0.3) is 0 Å². The molecule has 0 radical (unpaired) electrons. The Hall–Kier alpha value is -0.570. The Balaban J connectivity index is 1.43. The van der Waals surface area contributed by atoms with Gasteiger partial charge in [-0.15, -0.1) is 0 Å². The molecule has 4 rings (SSSR count). The fourth-order valence-electron chi connectivity index (χ4n) is 5.25. The van der Waals surface area contributed by atoms with Crippen molar-refractivity contribution in [3.05, 3.63) is 0 Å². The van der Waals surface area contributed by atoms with E-state index in [1.807, 2.05) is 0 Å². The minimum absolute atomic E-state index is 0.0804. The van der Waals surface area contributed by atoms with Crippen molar-refractivity contribution in [3.8, 4) is 0 Å². The zero-order valence-electron chi connectivity index (χ0n) is 12.8. The molecule has 4 saturated carbocycles. The van der Waals surface area contributed by atoms with Crippen LogP contribution >= 0.6 is 0 Å². The van der Waals surface area contributed by atoms with Gasteiger partial charge in [-0.2, -0.15) is 0 Å². The van der Waals surface area contributed by atoms with Crippen LogP contribution in [0.5, 0.6) is 0 Å². The topological polar surface area (TPSA) is 38.3 Å². The fraction of sp³-hybridized carbons (Fsp3) is 0.941. The largest absolute Gasteiger partial charge is 0.372 e. The number of unbranched alkanes of at least 4 members (excludes halogenated alkanes) is 1. The van der Waals surface area contributed by atoms with E-state index in [1.165, 1.54) is 38.5 Å². The maximum atomic E-state index is 11.9. The molecule has 0 aromatic carbocycles. The SMILES string of the molecule is CCCCOCC(=O)NCC12CC3CC(CC(C3)C1)C2. The Morgan fingerprint density at radius 1 is 1.15 bits per heavy atom. The maximum absolute atomic E-state index is 11.9. The number of hydrogen-bond acceptors (Lipinski definition) is 2. The van der Waals surface area contributed by atoms with Crippen LogP contribution in [-0.4, -0.2) is 25.7 Å². The molecule has 20 heavy (non-hydrogen) atoms. The number of nitrogens with one attached hydrogen (secondary N) is 1. The van der Waals surface area contributed by atoms with Crippen LogP contribution in [0.15, 0.2) is 0 Å². The summed E-state index contributed by atoms with van der Waals surface area (Å²) in [4.78, 5) is 11.9. The second kappa shape index (κ2) is 6.05. The van der Waals surface area contributed by atoms with Crippen LogP contribution in [0, 0.1) is 23.2 Å². The van der Waals surface area contributed by atoms with Gasteiger partial charge in [-0.25, -0.2) is 0 Å². The lowest BCUT2D eigenvalue weighted by Crippen LogP contribution is -2.51. The summed E-state index contributed by atoms with van der Waals surface area (Å²) in [5.74, 6) is 2.95. The average molecular weight is 279 g/mol. The Labute approximate surface area is 122 Å². The zero-order chi connectivity index (χ0) is 14.0. The van der Waals surface area contributed by atoms with Gasteiger partial charge in [0.05, 0.1) is 0 Å². The molecule has 0 saturated heterocycles. The van der Waals surface area contributed by atoms with E-state index in [-0.39, 0.29) is 12.5 Å². The van der Waals surface area contributed by atoms with Gasteiger partial charge in [-0.3, -0.25) is 4.79 Å². The van der Waals surface area contributed by atoms with Crippen molar-refractivity contribution >= 4 is 5.91 Å². The fourth-order valence-corrected chi connectivity index (χ4v) is 5.25. The van der Waals surface area contributed by atoms with E-state index in [0.717, 1.165) is 37.1 Å². The molecule has 4 bridgehead atoms. The molecule has 3 heteroatoms. The number of carbonyl (C=O) groups is 1. The average Bonchev–Trinajstić information content (AvgIpc) is 2.40. The van der Waals surface area contributed by atoms with Gasteiger partial charge in [-0.05, 0) is 68.1 Å². The highest BCUT2D eigenvalue weighted by atomic mass is 16.5. The molecule has 0 heterocycles. The summed E-state index contributed by atoms with van der Waals surface area (Å²) in [6, 6.07) is 0. The summed E-state index contributed by atoms with van der Waals surface area (Å²) in [5.41, 5.74) is 0.438. The summed E-state index contributed by atoms with van der Waals surface area (Å²) < 4.78 is 5.40. The van der Waals surface area contributed by atoms with Gasteiger partial charge in [0.1, 0.15) is 6.61 Å².